The molecule has 3 aliphatic rings. The van der Waals surface area contributed by atoms with Crippen molar-refractivity contribution in [3.05, 3.63) is 192 Å². The van der Waals surface area contributed by atoms with Crippen molar-refractivity contribution in [3.63, 3.8) is 0 Å². The number of aliphatic imine (C=N–C) groups is 2. The van der Waals surface area contributed by atoms with Crippen LogP contribution < -0.4 is 43.9 Å². The Morgan fingerprint density at radius 1 is 0.362 bits per heavy atom. The van der Waals surface area contributed by atoms with Crippen LogP contribution in [0.2, 0.25) is 0 Å². The van der Waals surface area contributed by atoms with E-state index in [9.17, 15) is 0 Å². The average molecular weight is 1290 g/mol. The quantitative estimate of drug-likeness (QED) is 0.00728. The summed E-state index contributed by atoms with van der Waals surface area (Å²) >= 11 is 0. The van der Waals surface area contributed by atoms with Crippen molar-refractivity contribution < 1.29 is 40.0 Å². The number of nitrogens with zero attached hydrogens (tertiary/aromatic N) is 2. The van der Waals surface area contributed by atoms with Gasteiger partial charge in [0.05, 0.1) is 83.4 Å². The molecule has 0 radical (unpaired) electrons. The van der Waals surface area contributed by atoms with Crippen LogP contribution in [0.5, 0.6) is 11.5 Å². The Morgan fingerprint density at radius 3 is 1.17 bits per heavy atom. The van der Waals surface area contributed by atoms with Gasteiger partial charge in [0.2, 0.25) is 0 Å². The number of hydrogen-bond donors (Lipinski definition) is 14. The fourth-order valence-corrected chi connectivity index (χ4v) is 8.66. The molecule has 0 fully saturated rings. The largest absolute Gasteiger partial charge is 0.491 e. The number of rotatable bonds is 28. The fourth-order valence-electron chi connectivity index (χ4n) is 8.66. The summed E-state index contributed by atoms with van der Waals surface area (Å²) in [6.45, 7) is 13.4. The second-order valence-corrected chi connectivity index (χ2v) is 22.0. The molecule has 0 spiro atoms. The zero-order valence-electron chi connectivity index (χ0n) is 55.7. The lowest BCUT2D eigenvalue weighted by atomic mass is 10.0. The summed E-state index contributed by atoms with van der Waals surface area (Å²) in [7, 11) is 0. The summed E-state index contributed by atoms with van der Waals surface area (Å²) in [6, 6.07) is 34.1. The van der Waals surface area contributed by atoms with Crippen LogP contribution in [0.1, 0.15) is 148 Å². The molecular weight excluding hydrogens is 1180 g/mol. The number of benzene rings is 5. The van der Waals surface area contributed by atoms with Gasteiger partial charge in [0.15, 0.2) is 0 Å². The van der Waals surface area contributed by atoms with E-state index < -0.39 is 0 Å². The van der Waals surface area contributed by atoms with E-state index in [1.165, 1.54) is 88.2 Å². The fraction of sp³-hybridized carbons (Fsp3) is 0.351. The molecule has 20 heteroatoms. The molecule has 20 nitrogen and oxygen atoms in total. The summed E-state index contributed by atoms with van der Waals surface area (Å²) in [5.41, 5.74) is 47.1. The third-order valence-electron chi connectivity index (χ3n) is 14.0. The lowest BCUT2D eigenvalue weighted by Crippen LogP contribution is -2.10. The maximum atomic E-state index is 7.91. The van der Waals surface area contributed by atoms with Crippen molar-refractivity contribution in [2.75, 3.05) is 60.8 Å². The number of ether oxygens (including phenoxy) is 4. The van der Waals surface area contributed by atoms with Gasteiger partial charge in [-0.25, -0.2) is 9.98 Å². The molecule has 0 saturated heterocycles. The van der Waals surface area contributed by atoms with Crippen LogP contribution in [0.15, 0.2) is 191 Å². The summed E-state index contributed by atoms with van der Waals surface area (Å²) in [5, 5.41) is 54.5. The van der Waals surface area contributed by atoms with Gasteiger partial charge in [-0.2, -0.15) is 0 Å². The molecule has 0 atom stereocenters. The van der Waals surface area contributed by atoms with Crippen molar-refractivity contribution >= 4 is 79.8 Å². The number of nitrogens with two attached hydrogens (primary N) is 6. The minimum atomic E-state index is 0.362. The molecule has 94 heavy (non-hydrogen) atoms. The molecule has 0 heterocycles. The van der Waals surface area contributed by atoms with Crippen LogP contribution in [-0.2, 0) is 15.9 Å². The smallest absolute Gasteiger partial charge is 0.146 e. The van der Waals surface area contributed by atoms with Gasteiger partial charge in [0.1, 0.15) is 23.0 Å². The molecule has 0 unspecified atom stereocenters. The van der Waals surface area contributed by atoms with Crippen molar-refractivity contribution in [3.8, 4) is 11.5 Å². The first-order chi connectivity index (χ1) is 45.5. The summed E-state index contributed by atoms with van der Waals surface area (Å²) in [5.74, 6) is 2.61. The lowest BCUT2D eigenvalue weighted by Gasteiger charge is -2.13. The van der Waals surface area contributed by atoms with Crippen LogP contribution in [0.3, 0.4) is 0 Å². The molecule has 0 bridgehead atoms. The van der Waals surface area contributed by atoms with Gasteiger partial charge >= 0.3 is 0 Å². The van der Waals surface area contributed by atoms with Gasteiger partial charge in [0.25, 0.3) is 0 Å². The molecule has 508 valence electrons. The van der Waals surface area contributed by atoms with Gasteiger partial charge in [0, 0.05) is 41.0 Å². The van der Waals surface area contributed by atoms with Crippen molar-refractivity contribution in [2.45, 2.75) is 144 Å². The molecule has 5 aromatic carbocycles. The standard InChI is InChI=1S/C19H26N2O.C18H23N3O.C13H13N3.C12H20N2O.C12H18N2O.2H2O2/c1-2-3-4-5-12-22-19-14-16(8-11-18(19)21)13-15-6-9-17(20)10-7-15;1-2-3-4-5-12-22-18-13-16(10-11-17(18)20)21-15-8-6-14(19)7-9-15;1-9-8-12(6-7-13(9)15)16-11-4-2-10(14)3-5-11;2*1-2-3-4-5-8-15-12-9-10(13)6-7-11(12)14;2*1-2/h6-11,14H,2-5,12-13,20-21H2,1H3;6-11,13,20H,2-5,12,19H2,1H3;2-8,15H,14H2,1H3;6-7,9H,2-5,8,13-14H2,1H3;6-7,9,13-14H,2-5,8H2,1H3;2*1-2H. The summed E-state index contributed by atoms with van der Waals surface area (Å²) < 4.78 is 22.6. The number of nitrogen functional groups attached to an aromatic ring is 6. The van der Waals surface area contributed by atoms with E-state index in [-0.39, 0.29) is 0 Å². The van der Waals surface area contributed by atoms with Gasteiger partial charge in [-0.05, 0) is 183 Å². The highest BCUT2D eigenvalue weighted by atomic mass is 17.0. The number of unbranched alkanes of at least 4 members (excludes halogenated alkanes) is 12. The van der Waals surface area contributed by atoms with E-state index in [0.29, 0.717) is 77.0 Å². The highest BCUT2D eigenvalue weighted by Crippen LogP contribution is 2.27. The van der Waals surface area contributed by atoms with E-state index in [1.807, 2.05) is 104 Å². The number of allylic oxidation sites excluding steroid dienone is 10. The van der Waals surface area contributed by atoms with Crippen molar-refractivity contribution in [1.29, 1.82) is 21.6 Å². The molecule has 8 rings (SSSR count). The maximum Gasteiger partial charge on any atom is 0.146 e. The zero-order chi connectivity index (χ0) is 69.3. The normalized spacial score (nSPS) is 13.4. The molecule has 0 saturated carbocycles. The van der Waals surface area contributed by atoms with Crippen LogP contribution in [0, 0.1) is 21.6 Å². The highest BCUT2D eigenvalue weighted by Gasteiger charge is 2.12. The minimum Gasteiger partial charge on any atom is -0.491 e. The highest BCUT2D eigenvalue weighted by molar-refractivity contribution is 6.21. The van der Waals surface area contributed by atoms with E-state index in [2.05, 4.69) is 55.9 Å². The molecule has 0 amide bonds. The number of nitrogens with one attached hydrogen (secondary N) is 4. The van der Waals surface area contributed by atoms with Crippen LogP contribution in [-0.4, -0.2) is 81.7 Å². The predicted molar refractivity (Wildman–Crippen MR) is 394 cm³/mol. The number of anilines is 6. The molecule has 5 aromatic rings. The Balaban J connectivity index is 0.000000398. The van der Waals surface area contributed by atoms with E-state index in [0.717, 1.165) is 89.9 Å². The molecule has 0 aliphatic heterocycles. The average Bonchev–Trinajstić information content (AvgIpc) is 0.974. The monoisotopic (exact) mass is 1290 g/mol. The Morgan fingerprint density at radius 2 is 0.723 bits per heavy atom. The third kappa shape index (κ3) is 34.7. The Hall–Kier alpha value is -9.60. The van der Waals surface area contributed by atoms with Gasteiger partial charge < -0.3 is 64.2 Å². The summed E-state index contributed by atoms with van der Waals surface area (Å²) in [6.07, 6.45) is 35.3. The van der Waals surface area contributed by atoms with E-state index in [1.54, 1.807) is 48.6 Å². The number of hydrogen-bond acceptors (Lipinski definition) is 20. The van der Waals surface area contributed by atoms with Crippen molar-refractivity contribution in [1.82, 2.24) is 0 Å². The zero-order valence-corrected chi connectivity index (χ0v) is 55.7. The second-order valence-electron chi connectivity index (χ2n) is 22.0. The molecular formula is C74H104N12O8. The van der Waals surface area contributed by atoms with E-state index in [4.69, 9.17) is 96.0 Å². The topological polar surface area (TPSA) is 394 Å². The Bertz CT molecular complexity index is 3300. The molecule has 3 aliphatic carbocycles. The van der Waals surface area contributed by atoms with E-state index >= 15 is 0 Å². The first kappa shape index (κ1) is 80.5. The molecule has 20 N–H and O–H groups in total. The van der Waals surface area contributed by atoms with Gasteiger partial charge in [-0.15, -0.1) is 0 Å². The maximum absolute atomic E-state index is 7.91. The van der Waals surface area contributed by atoms with Crippen LogP contribution in [0.4, 0.5) is 45.5 Å². The summed E-state index contributed by atoms with van der Waals surface area (Å²) in [4.78, 5) is 8.97. The lowest BCUT2D eigenvalue weighted by molar-refractivity contribution is -0.176. The van der Waals surface area contributed by atoms with Gasteiger partial charge in [-0.3, -0.25) is 31.8 Å². The minimum absolute atomic E-state index is 0.362. The molecule has 0 aromatic heterocycles. The predicted octanol–water partition coefficient (Wildman–Crippen LogP) is 17.6. The van der Waals surface area contributed by atoms with Crippen molar-refractivity contribution in [2.24, 2.45) is 9.98 Å². The van der Waals surface area contributed by atoms with Gasteiger partial charge in [-0.1, -0.05) is 123 Å². The van der Waals surface area contributed by atoms with Crippen LogP contribution in [0.25, 0.3) is 0 Å². The SMILES string of the molecule is CC1=CC(=Nc2ccc(N)cc2)C=CC1=N.CCCCCCOC1=CC(=N)C=CC1=N.CCCCCCOC1=CC(=Nc2ccc(N)cc2)C=CC1=N.CCCCCCOc1cc(Cc2ccc(N)cc2)ccc1N.CCCCCCOc1cc(N)ccc1N.OO.OO. The Labute approximate surface area is 557 Å². The van der Waals surface area contributed by atoms with Crippen LogP contribution >= 0.6 is 0 Å². The Kier molecular flexibility index (Phi) is 42.0. The first-order valence-corrected chi connectivity index (χ1v) is 32.2. The second kappa shape index (κ2) is 49.1. The third-order valence-corrected chi connectivity index (χ3v) is 14.0. The first-order valence-electron chi connectivity index (χ1n) is 32.2.